The van der Waals surface area contributed by atoms with Gasteiger partial charge >= 0.3 is 6.09 Å². The van der Waals surface area contributed by atoms with Gasteiger partial charge in [0.1, 0.15) is 17.3 Å². The predicted octanol–water partition coefficient (Wildman–Crippen LogP) is 3.15. The first kappa shape index (κ1) is 17.2. The third-order valence-electron chi connectivity index (χ3n) is 3.57. The van der Waals surface area contributed by atoms with Gasteiger partial charge in [-0.3, -0.25) is 10.1 Å². The van der Waals surface area contributed by atoms with Crippen LogP contribution in [0, 0.1) is 0 Å². The summed E-state index contributed by atoms with van der Waals surface area (Å²) in [6.45, 7) is 1.80. The summed E-state index contributed by atoms with van der Waals surface area (Å²) in [6.07, 6.45) is -0.741. The molecule has 0 fully saturated rings. The fraction of sp³-hybridized carbons (Fsp3) is 0.111. The summed E-state index contributed by atoms with van der Waals surface area (Å²) in [4.78, 5) is 24.0. The molecule has 3 rings (SSSR count). The number of ether oxygens (including phenoxy) is 1. The quantitative estimate of drug-likeness (QED) is 0.566. The molecule has 0 spiro atoms. The van der Waals surface area contributed by atoms with Gasteiger partial charge < -0.3 is 24.5 Å². The molecule has 0 aliphatic carbocycles. The van der Waals surface area contributed by atoms with E-state index in [-0.39, 0.29) is 40.5 Å². The molecule has 0 aliphatic rings. The van der Waals surface area contributed by atoms with E-state index in [9.17, 15) is 24.9 Å². The molecule has 0 unspecified atom stereocenters. The fourth-order valence-corrected chi connectivity index (χ4v) is 2.49. The number of hydrogen-bond donors (Lipinski definition) is 4. The van der Waals surface area contributed by atoms with Crippen LogP contribution in [-0.2, 0) is 4.74 Å². The molecule has 26 heavy (non-hydrogen) atoms. The highest BCUT2D eigenvalue weighted by atomic mass is 16.5. The number of hydrogen-bond acceptors (Lipinski definition) is 7. The van der Waals surface area contributed by atoms with Crippen LogP contribution in [0.5, 0.6) is 17.2 Å². The Labute approximate surface area is 146 Å². The average Bonchev–Trinajstić information content (AvgIpc) is 2.56. The van der Waals surface area contributed by atoms with Crippen molar-refractivity contribution in [1.29, 1.82) is 0 Å². The second-order valence-electron chi connectivity index (χ2n) is 5.39. The smallest absolute Gasteiger partial charge is 0.411 e. The van der Waals surface area contributed by atoms with E-state index in [0.717, 1.165) is 12.1 Å². The van der Waals surface area contributed by atoms with Crippen molar-refractivity contribution >= 4 is 22.7 Å². The van der Waals surface area contributed by atoms with Crippen LogP contribution in [0.4, 0.5) is 10.5 Å². The highest BCUT2D eigenvalue weighted by molar-refractivity contribution is 5.92. The number of anilines is 1. The zero-order chi connectivity index (χ0) is 18.8. The van der Waals surface area contributed by atoms with Crippen LogP contribution in [0.1, 0.15) is 6.92 Å². The van der Waals surface area contributed by atoms with Crippen LogP contribution in [0.3, 0.4) is 0 Å². The molecule has 1 amide bonds. The summed E-state index contributed by atoms with van der Waals surface area (Å²) in [5.41, 5.74) is -0.158. The standard InChI is InChI=1S/C18H15NO7/c1-2-25-18(24)19-13-6-9(20)3-4-11(13)16-8-14(22)12-5-10(21)7-15(23)17(12)26-16/h3-8,20-21,23H,2H2,1H3,(H,19,24). The molecule has 2 aromatic carbocycles. The zero-order valence-electron chi connectivity index (χ0n) is 13.6. The number of nitrogens with one attached hydrogen (secondary N) is 1. The van der Waals surface area contributed by atoms with Gasteiger partial charge in [-0.2, -0.15) is 0 Å². The van der Waals surface area contributed by atoms with Gasteiger partial charge in [0.15, 0.2) is 16.8 Å². The van der Waals surface area contributed by atoms with E-state index < -0.39 is 17.3 Å². The lowest BCUT2D eigenvalue weighted by atomic mass is 10.1. The number of amides is 1. The third kappa shape index (κ3) is 3.25. The molecular weight excluding hydrogens is 342 g/mol. The Morgan fingerprint density at radius 3 is 2.62 bits per heavy atom. The molecule has 8 heteroatoms. The van der Waals surface area contributed by atoms with Crippen LogP contribution < -0.4 is 10.7 Å². The number of aromatic hydroxyl groups is 3. The van der Waals surface area contributed by atoms with E-state index in [1.165, 1.54) is 24.3 Å². The lowest BCUT2D eigenvalue weighted by molar-refractivity contribution is 0.168. The SMILES string of the molecule is CCOC(=O)Nc1cc(O)ccc1-c1cc(=O)c2cc(O)cc(O)c2o1. The van der Waals surface area contributed by atoms with Gasteiger partial charge in [-0.05, 0) is 25.1 Å². The molecule has 3 aromatic rings. The van der Waals surface area contributed by atoms with Crippen molar-refractivity contribution in [2.24, 2.45) is 0 Å². The predicted molar refractivity (Wildman–Crippen MR) is 93.6 cm³/mol. The molecule has 1 aromatic heterocycles. The number of phenols is 3. The van der Waals surface area contributed by atoms with E-state index in [0.29, 0.717) is 5.56 Å². The minimum Gasteiger partial charge on any atom is -0.508 e. The fourth-order valence-electron chi connectivity index (χ4n) is 2.49. The summed E-state index contributed by atoms with van der Waals surface area (Å²) >= 11 is 0. The summed E-state index contributed by atoms with van der Waals surface area (Å²) in [7, 11) is 0. The van der Waals surface area contributed by atoms with Crippen molar-refractivity contribution in [2.75, 3.05) is 11.9 Å². The molecule has 0 bridgehead atoms. The largest absolute Gasteiger partial charge is 0.508 e. The van der Waals surface area contributed by atoms with Gasteiger partial charge in [0.2, 0.25) is 0 Å². The van der Waals surface area contributed by atoms with Crippen molar-refractivity contribution in [3.05, 3.63) is 46.6 Å². The Hall–Kier alpha value is -3.68. The van der Waals surface area contributed by atoms with E-state index in [1.807, 2.05) is 0 Å². The Kier molecular flexibility index (Phi) is 4.40. The number of benzene rings is 2. The molecule has 8 nitrogen and oxygen atoms in total. The number of carbonyl (C=O) groups excluding carboxylic acids is 1. The normalized spacial score (nSPS) is 10.7. The van der Waals surface area contributed by atoms with Gasteiger partial charge in [0.25, 0.3) is 0 Å². The third-order valence-corrected chi connectivity index (χ3v) is 3.57. The van der Waals surface area contributed by atoms with E-state index in [2.05, 4.69) is 5.32 Å². The van der Waals surface area contributed by atoms with Gasteiger partial charge in [-0.1, -0.05) is 0 Å². The van der Waals surface area contributed by atoms with Crippen LogP contribution in [-0.4, -0.2) is 28.0 Å². The molecule has 0 saturated heterocycles. The van der Waals surface area contributed by atoms with Crippen LogP contribution >= 0.6 is 0 Å². The number of rotatable bonds is 3. The van der Waals surface area contributed by atoms with E-state index in [4.69, 9.17) is 9.15 Å². The maximum absolute atomic E-state index is 12.3. The topological polar surface area (TPSA) is 129 Å². The van der Waals surface area contributed by atoms with Crippen molar-refractivity contribution in [2.45, 2.75) is 6.92 Å². The summed E-state index contributed by atoms with van der Waals surface area (Å²) in [5, 5.41) is 31.6. The van der Waals surface area contributed by atoms with E-state index in [1.54, 1.807) is 6.92 Å². The molecular formula is C18H15NO7. The zero-order valence-corrected chi connectivity index (χ0v) is 13.6. The lowest BCUT2D eigenvalue weighted by Crippen LogP contribution is -2.14. The highest BCUT2D eigenvalue weighted by Crippen LogP contribution is 2.35. The van der Waals surface area contributed by atoms with Crippen LogP contribution in [0.2, 0.25) is 0 Å². The first-order valence-electron chi connectivity index (χ1n) is 7.66. The maximum Gasteiger partial charge on any atom is 0.411 e. The minimum absolute atomic E-state index is 0.00457. The number of phenolic OH excluding ortho intramolecular Hbond substituents is 3. The molecule has 1 heterocycles. The first-order chi connectivity index (χ1) is 12.4. The van der Waals surface area contributed by atoms with Gasteiger partial charge in [0.05, 0.1) is 17.7 Å². The van der Waals surface area contributed by atoms with Crippen LogP contribution in [0.25, 0.3) is 22.3 Å². The Bertz CT molecular complexity index is 1060. The van der Waals surface area contributed by atoms with Crippen molar-refractivity contribution in [1.82, 2.24) is 0 Å². The summed E-state index contributed by atoms with van der Waals surface area (Å²) in [5.74, 6) is -0.742. The lowest BCUT2D eigenvalue weighted by Gasteiger charge is -2.12. The van der Waals surface area contributed by atoms with Gasteiger partial charge in [-0.25, -0.2) is 4.79 Å². The van der Waals surface area contributed by atoms with Crippen molar-refractivity contribution in [3.8, 4) is 28.6 Å². The molecule has 4 N–H and O–H groups in total. The first-order valence-corrected chi connectivity index (χ1v) is 7.66. The minimum atomic E-state index is -0.741. The van der Waals surface area contributed by atoms with Crippen molar-refractivity contribution in [3.63, 3.8) is 0 Å². The molecule has 0 saturated carbocycles. The molecule has 134 valence electrons. The summed E-state index contributed by atoms with van der Waals surface area (Å²) in [6, 6.07) is 7.45. The van der Waals surface area contributed by atoms with Crippen molar-refractivity contribution < 1.29 is 29.3 Å². The molecule has 0 atom stereocenters. The Balaban J connectivity index is 2.18. The summed E-state index contributed by atoms with van der Waals surface area (Å²) < 4.78 is 10.4. The van der Waals surface area contributed by atoms with Gasteiger partial charge in [-0.15, -0.1) is 0 Å². The Morgan fingerprint density at radius 1 is 1.12 bits per heavy atom. The van der Waals surface area contributed by atoms with E-state index >= 15 is 0 Å². The monoisotopic (exact) mass is 357 g/mol. The number of fused-ring (bicyclic) bond motifs is 1. The second kappa shape index (κ2) is 6.67. The number of carbonyl (C=O) groups is 1. The molecule has 0 aliphatic heterocycles. The Morgan fingerprint density at radius 2 is 1.88 bits per heavy atom. The van der Waals surface area contributed by atoms with Gasteiger partial charge in [0, 0.05) is 23.8 Å². The highest BCUT2D eigenvalue weighted by Gasteiger charge is 2.16. The molecule has 0 radical (unpaired) electrons. The average molecular weight is 357 g/mol. The second-order valence-corrected chi connectivity index (χ2v) is 5.39. The van der Waals surface area contributed by atoms with Crippen LogP contribution in [0.15, 0.2) is 45.6 Å². The maximum atomic E-state index is 12.3.